The molecule has 0 aliphatic rings. The molecule has 0 aliphatic heterocycles. The van der Waals surface area contributed by atoms with Crippen LogP contribution >= 0.6 is 0 Å². The quantitative estimate of drug-likeness (QED) is 0.914. The van der Waals surface area contributed by atoms with Crippen molar-refractivity contribution in [3.05, 3.63) is 54.6 Å². The van der Waals surface area contributed by atoms with E-state index in [1.807, 2.05) is 25.1 Å². The van der Waals surface area contributed by atoms with Crippen molar-refractivity contribution in [2.75, 3.05) is 11.9 Å². The predicted molar refractivity (Wildman–Crippen MR) is 73.6 cm³/mol. The molecule has 5 heteroatoms. The summed E-state index contributed by atoms with van der Waals surface area (Å²) in [6.07, 6.45) is 6.74. The third-order valence-electron chi connectivity index (χ3n) is 2.70. The number of nitrogens with zero attached hydrogens (tertiary/aromatic N) is 3. The Bertz CT molecular complexity index is 515. The Kier molecular flexibility index (Phi) is 4.44. The summed E-state index contributed by atoms with van der Waals surface area (Å²) in [5.74, 6) is 0. The highest BCUT2D eigenvalue weighted by atomic mass is 16.2. The van der Waals surface area contributed by atoms with E-state index in [0.29, 0.717) is 18.8 Å². The summed E-state index contributed by atoms with van der Waals surface area (Å²) >= 11 is 0. The Morgan fingerprint density at radius 1 is 1.21 bits per heavy atom. The Hall–Kier alpha value is -2.43. The molecule has 2 heterocycles. The lowest BCUT2D eigenvalue weighted by Crippen LogP contribution is -2.34. The van der Waals surface area contributed by atoms with Gasteiger partial charge in [0.1, 0.15) is 0 Å². The van der Waals surface area contributed by atoms with Gasteiger partial charge in [0.15, 0.2) is 0 Å². The van der Waals surface area contributed by atoms with Gasteiger partial charge in [-0.2, -0.15) is 0 Å². The maximum Gasteiger partial charge on any atom is 0.322 e. The molecular formula is C14H16N4O. The molecule has 2 aromatic rings. The average Bonchev–Trinajstić information content (AvgIpc) is 2.47. The second-order valence-corrected chi connectivity index (χ2v) is 4.04. The van der Waals surface area contributed by atoms with E-state index in [1.54, 1.807) is 35.8 Å². The molecule has 0 atom stereocenters. The fraction of sp³-hybridized carbons (Fsp3) is 0.214. The lowest BCUT2D eigenvalue weighted by Gasteiger charge is -2.21. The van der Waals surface area contributed by atoms with Crippen LogP contribution in [0.4, 0.5) is 10.5 Å². The van der Waals surface area contributed by atoms with Gasteiger partial charge in [0.05, 0.1) is 11.9 Å². The normalized spacial score (nSPS) is 9.95. The highest BCUT2D eigenvalue weighted by molar-refractivity contribution is 5.89. The van der Waals surface area contributed by atoms with Gasteiger partial charge in [-0.25, -0.2) is 4.79 Å². The fourth-order valence-electron chi connectivity index (χ4n) is 1.68. The first kappa shape index (κ1) is 13.0. The van der Waals surface area contributed by atoms with Crippen LogP contribution in [0.15, 0.2) is 49.1 Å². The first-order valence-electron chi connectivity index (χ1n) is 6.14. The van der Waals surface area contributed by atoms with Crippen molar-refractivity contribution in [3.8, 4) is 0 Å². The number of carbonyl (C=O) groups is 1. The van der Waals surface area contributed by atoms with Gasteiger partial charge in [0, 0.05) is 31.7 Å². The number of pyridine rings is 2. The molecule has 0 saturated heterocycles. The monoisotopic (exact) mass is 256 g/mol. The molecule has 0 aliphatic carbocycles. The number of amides is 2. The molecule has 0 fully saturated rings. The van der Waals surface area contributed by atoms with Gasteiger partial charge in [-0.3, -0.25) is 9.97 Å². The highest BCUT2D eigenvalue weighted by Crippen LogP contribution is 2.08. The minimum atomic E-state index is -0.132. The smallest absolute Gasteiger partial charge is 0.320 e. The summed E-state index contributed by atoms with van der Waals surface area (Å²) in [4.78, 5) is 21.8. The Morgan fingerprint density at radius 2 is 2.00 bits per heavy atom. The van der Waals surface area contributed by atoms with E-state index < -0.39 is 0 Å². The minimum absolute atomic E-state index is 0.132. The predicted octanol–water partition coefficient (Wildman–Crippen LogP) is 2.53. The molecule has 0 spiro atoms. The minimum Gasteiger partial charge on any atom is -0.320 e. The van der Waals surface area contributed by atoms with Crippen molar-refractivity contribution in [1.82, 2.24) is 14.9 Å². The van der Waals surface area contributed by atoms with Gasteiger partial charge in [-0.1, -0.05) is 0 Å². The van der Waals surface area contributed by atoms with Gasteiger partial charge in [0.25, 0.3) is 0 Å². The van der Waals surface area contributed by atoms with E-state index in [0.717, 1.165) is 5.56 Å². The molecule has 1 N–H and O–H groups in total. The van der Waals surface area contributed by atoms with E-state index in [2.05, 4.69) is 15.3 Å². The van der Waals surface area contributed by atoms with Gasteiger partial charge in [-0.15, -0.1) is 0 Å². The van der Waals surface area contributed by atoms with Crippen LogP contribution in [0.1, 0.15) is 12.5 Å². The molecule has 0 bridgehead atoms. The fourth-order valence-corrected chi connectivity index (χ4v) is 1.68. The molecule has 5 nitrogen and oxygen atoms in total. The van der Waals surface area contributed by atoms with E-state index in [-0.39, 0.29) is 6.03 Å². The molecule has 0 unspecified atom stereocenters. The van der Waals surface area contributed by atoms with Crippen molar-refractivity contribution in [2.45, 2.75) is 13.5 Å². The SMILES string of the molecule is CCN(Cc1ccncc1)C(=O)Nc1cccnc1. The van der Waals surface area contributed by atoms with Crippen molar-refractivity contribution in [1.29, 1.82) is 0 Å². The maximum atomic E-state index is 12.1. The lowest BCUT2D eigenvalue weighted by atomic mass is 10.2. The van der Waals surface area contributed by atoms with Crippen LogP contribution in [0.25, 0.3) is 0 Å². The number of hydrogen-bond acceptors (Lipinski definition) is 3. The number of hydrogen-bond donors (Lipinski definition) is 1. The second kappa shape index (κ2) is 6.49. The number of anilines is 1. The zero-order valence-electron chi connectivity index (χ0n) is 10.8. The third kappa shape index (κ3) is 3.77. The lowest BCUT2D eigenvalue weighted by molar-refractivity contribution is 0.212. The van der Waals surface area contributed by atoms with E-state index in [9.17, 15) is 4.79 Å². The first-order valence-corrected chi connectivity index (χ1v) is 6.14. The van der Waals surface area contributed by atoms with Crippen molar-refractivity contribution in [3.63, 3.8) is 0 Å². The Labute approximate surface area is 112 Å². The van der Waals surface area contributed by atoms with Crippen LogP contribution in [0.5, 0.6) is 0 Å². The number of urea groups is 1. The number of aromatic nitrogens is 2. The van der Waals surface area contributed by atoms with Crippen LogP contribution < -0.4 is 5.32 Å². The van der Waals surface area contributed by atoms with Gasteiger partial charge in [0.2, 0.25) is 0 Å². The van der Waals surface area contributed by atoms with Crippen LogP contribution in [0.3, 0.4) is 0 Å². The third-order valence-corrected chi connectivity index (χ3v) is 2.70. The summed E-state index contributed by atoms with van der Waals surface area (Å²) in [5, 5.41) is 2.82. The van der Waals surface area contributed by atoms with Crippen LogP contribution in [0.2, 0.25) is 0 Å². The Balaban J connectivity index is 2.00. The summed E-state index contributed by atoms with van der Waals surface area (Å²) in [6.45, 7) is 3.14. The average molecular weight is 256 g/mol. The van der Waals surface area contributed by atoms with Crippen molar-refractivity contribution in [2.24, 2.45) is 0 Å². The van der Waals surface area contributed by atoms with E-state index >= 15 is 0 Å². The van der Waals surface area contributed by atoms with Gasteiger partial charge < -0.3 is 10.2 Å². The second-order valence-electron chi connectivity index (χ2n) is 4.04. The van der Waals surface area contributed by atoms with Crippen molar-refractivity contribution < 1.29 is 4.79 Å². The zero-order valence-corrected chi connectivity index (χ0v) is 10.8. The number of nitrogens with one attached hydrogen (secondary N) is 1. The molecule has 0 aromatic carbocycles. The van der Waals surface area contributed by atoms with Crippen LogP contribution in [-0.4, -0.2) is 27.4 Å². The van der Waals surface area contributed by atoms with E-state index in [4.69, 9.17) is 0 Å². The van der Waals surface area contributed by atoms with Gasteiger partial charge in [-0.05, 0) is 36.8 Å². The van der Waals surface area contributed by atoms with E-state index in [1.165, 1.54) is 0 Å². The zero-order chi connectivity index (χ0) is 13.5. The molecule has 0 saturated carbocycles. The molecule has 19 heavy (non-hydrogen) atoms. The molecule has 98 valence electrons. The van der Waals surface area contributed by atoms with Crippen LogP contribution in [-0.2, 0) is 6.54 Å². The molecule has 2 aromatic heterocycles. The summed E-state index contributed by atoms with van der Waals surface area (Å²) in [6, 6.07) is 7.27. The topological polar surface area (TPSA) is 58.1 Å². The standard InChI is InChI=1S/C14H16N4O/c1-2-18(11-12-5-8-15-9-6-12)14(19)17-13-4-3-7-16-10-13/h3-10H,2,11H2,1H3,(H,17,19). The largest absolute Gasteiger partial charge is 0.322 e. The molecular weight excluding hydrogens is 240 g/mol. The molecule has 2 amide bonds. The van der Waals surface area contributed by atoms with Crippen molar-refractivity contribution >= 4 is 11.7 Å². The summed E-state index contributed by atoms with van der Waals surface area (Å²) < 4.78 is 0. The molecule has 2 rings (SSSR count). The molecule has 0 radical (unpaired) electrons. The number of carbonyl (C=O) groups excluding carboxylic acids is 1. The highest BCUT2D eigenvalue weighted by Gasteiger charge is 2.11. The summed E-state index contributed by atoms with van der Waals surface area (Å²) in [7, 11) is 0. The maximum absolute atomic E-state index is 12.1. The Morgan fingerprint density at radius 3 is 2.63 bits per heavy atom. The summed E-state index contributed by atoms with van der Waals surface area (Å²) in [5.41, 5.74) is 1.75. The van der Waals surface area contributed by atoms with Crippen LogP contribution in [0, 0.1) is 0 Å². The first-order chi connectivity index (χ1) is 9.29. The number of rotatable bonds is 4. The van der Waals surface area contributed by atoms with Gasteiger partial charge >= 0.3 is 6.03 Å².